The summed E-state index contributed by atoms with van der Waals surface area (Å²) in [7, 11) is -3.77. The molecule has 0 saturated carbocycles. The first-order chi connectivity index (χ1) is 19.6. The molecule has 3 fully saturated rings. The van der Waals surface area contributed by atoms with Crippen LogP contribution in [-0.2, 0) is 10.0 Å². The number of piperazine rings is 1. The monoisotopic (exact) mass is 597 g/mol. The lowest BCUT2D eigenvalue weighted by atomic mass is 9.90. The van der Waals surface area contributed by atoms with Crippen LogP contribution >= 0.6 is 11.6 Å². The highest BCUT2D eigenvalue weighted by Crippen LogP contribution is 2.43. The van der Waals surface area contributed by atoms with Gasteiger partial charge in [0.1, 0.15) is 11.6 Å². The molecule has 6 rings (SSSR count). The Bertz CT molecular complexity index is 1560. The molecule has 3 aromatic carbocycles. The summed E-state index contributed by atoms with van der Waals surface area (Å²) < 4.78 is 42.7. The highest BCUT2D eigenvalue weighted by Gasteiger charge is 2.43. The lowest BCUT2D eigenvalue weighted by Crippen LogP contribution is -2.55. The first-order valence-electron chi connectivity index (χ1n) is 14.0. The number of likely N-dealkylation sites (tertiary alicyclic amines) is 1. The quantitative estimate of drug-likeness (QED) is 0.417. The molecule has 3 heterocycles. The van der Waals surface area contributed by atoms with Gasteiger partial charge in [-0.1, -0.05) is 41.9 Å². The number of amides is 1. The maximum Gasteiger partial charge on any atom is 0.255 e. The smallest absolute Gasteiger partial charge is 0.255 e. The predicted molar refractivity (Wildman–Crippen MR) is 157 cm³/mol. The summed E-state index contributed by atoms with van der Waals surface area (Å²) in [6, 6.07) is 16.9. The molecule has 1 N–H and O–H groups in total. The molecule has 0 aromatic heterocycles. The van der Waals surface area contributed by atoms with Crippen molar-refractivity contribution < 1.29 is 22.7 Å². The van der Waals surface area contributed by atoms with Gasteiger partial charge >= 0.3 is 0 Å². The maximum atomic E-state index is 13.8. The van der Waals surface area contributed by atoms with E-state index in [9.17, 15) is 22.7 Å². The minimum Gasteiger partial charge on any atom is -0.505 e. The van der Waals surface area contributed by atoms with Gasteiger partial charge in [0.2, 0.25) is 10.0 Å². The van der Waals surface area contributed by atoms with E-state index < -0.39 is 15.8 Å². The Morgan fingerprint density at radius 2 is 1.61 bits per heavy atom. The summed E-state index contributed by atoms with van der Waals surface area (Å²) in [5, 5.41) is 11.2. The normalized spacial score (nSPS) is 21.8. The topological polar surface area (TPSA) is 81.2 Å². The molecule has 3 aromatic rings. The van der Waals surface area contributed by atoms with E-state index in [2.05, 4.69) is 17.0 Å². The minimum absolute atomic E-state index is 0.0602. The van der Waals surface area contributed by atoms with Crippen LogP contribution in [0, 0.1) is 12.7 Å². The molecule has 7 nitrogen and oxygen atoms in total. The largest absolute Gasteiger partial charge is 0.505 e. The van der Waals surface area contributed by atoms with Crippen molar-refractivity contribution in [1.29, 1.82) is 0 Å². The van der Waals surface area contributed by atoms with E-state index in [1.165, 1.54) is 17.7 Å². The Morgan fingerprint density at radius 1 is 0.951 bits per heavy atom. The fraction of sp³-hybridized carbons (Fsp3) is 0.387. The molecule has 3 saturated heterocycles. The van der Waals surface area contributed by atoms with Crippen LogP contribution in [0.3, 0.4) is 0 Å². The second kappa shape index (κ2) is 10.9. The summed E-state index contributed by atoms with van der Waals surface area (Å²) in [5.74, 6) is -0.371. The van der Waals surface area contributed by atoms with E-state index in [0.29, 0.717) is 43.3 Å². The lowest BCUT2D eigenvalue weighted by molar-refractivity contribution is 0.0718. The van der Waals surface area contributed by atoms with Crippen LogP contribution in [0.15, 0.2) is 65.6 Å². The highest BCUT2D eigenvalue weighted by molar-refractivity contribution is 7.89. The summed E-state index contributed by atoms with van der Waals surface area (Å²) in [5.41, 5.74) is 2.48. The molecular weight excluding hydrogens is 565 g/mol. The molecule has 3 aliphatic rings. The van der Waals surface area contributed by atoms with E-state index in [1.54, 1.807) is 28.3 Å². The summed E-state index contributed by atoms with van der Waals surface area (Å²) in [4.78, 5) is 17.2. The first-order valence-corrected chi connectivity index (χ1v) is 15.9. The van der Waals surface area contributed by atoms with Gasteiger partial charge in [-0.05, 0) is 80.0 Å². The van der Waals surface area contributed by atoms with E-state index in [-0.39, 0.29) is 39.2 Å². The molecule has 1 amide bonds. The average Bonchev–Trinajstić information content (AvgIpc) is 3.22. The van der Waals surface area contributed by atoms with E-state index in [0.717, 1.165) is 31.7 Å². The van der Waals surface area contributed by atoms with Gasteiger partial charge in [-0.2, -0.15) is 4.31 Å². The van der Waals surface area contributed by atoms with Crippen molar-refractivity contribution in [2.45, 2.75) is 55.5 Å². The molecule has 2 atom stereocenters. The first kappa shape index (κ1) is 28.0. The number of sulfonamides is 1. The number of phenols is 1. The fourth-order valence-electron chi connectivity index (χ4n) is 6.67. The zero-order valence-electron chi connectivity index (χ0n) is 22.8. The van der Waals surface area contributed by atoms with E-state index in [1.807, 2.05) is 18.2 Å². The van der Waals surface area contributed by atoms with Crippen molar-refractivity contribution in [3.8, 4) is 5.75 Å². The van der Waals surface area contributed by atoms with E-state index in [4.69, 9.17) is 11.6 Å². The standard InChI is InChI=1S/C31H33ClFN3O4S/c1-20-15-26(41(39,40)35-13-11-22(12-14-35)21-5-3-2-4-6-21)17-29(30(20)37)36-24-8-9-25(36)19-34(18-24)31(38)27-10-7-23(33)16-28(27)32/h2-7,10,15-17,22,24-25,37H,8-9,11-14,18-19H2,1H3. The molecule has 41 heavy (non-hydrogen) atoms. The molecule has 0 aliphatic carbocycles. The number of anilines is 1. The molecular formula is C31H33ClFN3O4S. The third-order valence-corrected chi connectivity index (χ3v) is 11.0. The zero-order valence-corrected chi connectivity index (χ0v) is 24.4. The maximum absolute atomic E-state index is 13.8. The molecule has 2 bridgehead atoms. The summed E-state index contributed by atoms with van der Waals surface area (Å²) in [6.45, 7) is 3.39. The number of benzene rings is 3. The molecule has 3 aliphatic heterocycles. The van der Waals surface area contributed by atoms with Crippen molar-refractivity contribution in [1.82, 2.24) is 9.21 Å². The van der Waals surface area contributed by atoms with E-state index >= 15 is 0 Å². The number of hydrogen-bond donors (Lipinski definition) is 1. The number of piperidine rings is 1. The van der Waals surface area contributed by atoms with Gasteiger partial charge in [0.05, 0.1) is 21.2 Å². The van der Waals surface area contributed by atoms with Crippen molar-refractivity contribution in [2.24, 2.45) is 0 Å². The highest BCUT2D eigenvalue weighted by atomic mass is 35.5. The third kappa shape index (κ3) is 5.19. The van der Waals surface area contributed by atoms with Gasteiger partial charge in [-0.25, -0.2) is 12.8 Å². The number of aryl methyl sites for hydroxylation is 1. The number of rotatable bonds is 5. The Labute approximate surface area is 245 Å². The van der Waals surface area contributed by atoms with Crippen LogP contribution in [0.4, 0.5) is 10.1 Å². The number of fused-ring (bicyclic) bond motifs is 2. The third-order valence-electron chi connectivity index (χ3n) is 8.83. The van der Waals surface area contributed by atoms with Crippen LogP contribution < -0.4 is 4.90 Å². The van der Waals surface area contributed by atoms with Crippen LogP contribution in [0.5, 0.6) is 5.75 Å². The number of phenolic OH excluding ortho intramolecular Hbond substituents is 1. The molecule has 0 spiro atoms. The molecule has 0 radical (unpaired) electrons. The van der Waals surface area contributed by atoms with Crippen LogP contribution in [-0.4, -0.2) is 66.9 Å². The van der Waals surface area contributed by atoms with Gasteiger partial charge < -0.3 is 14.9 Å². The number of hydrogen-bond acceptors (Lipinski definition) is 5. The SMILES string of the molecule is Cc1cc(S(=O)(=O)N2CCC(c3ccccc3)CC2)cc(N2C3CCC2CN(C(=O)c2ccc(F)cc2Cl)C3)c1O. The van der Waals surface area contributed by atoms with Crippen LogP contribution in [0.25, 0.3) is 0 Å². The molecule has 216 valence electrons. The number of aromatic hydroxyl groups is 1. The molecule has 10 heteroatoms. The van der Waals surface area contributed by atoms with Crippen molar-refractivity contribution in [3.63, 3.8) is 0 Å². The van der Waals surface area contributed by atoms with Gasteiger partial charge in [0.15, 0.2) is 0 Å². The van der Waals surface area contributed by atoms with Gasteiger partial charge in [0, 0.05) is 38.3 Å². The Hall–Kier alpha value is -3.14. The summed E-state index contributed by atoms with van der Waals surface area (Å²) >= 11 is 6.17. The van der Waals surface area contributed by atoms with Crippen LogP contribution in [0.1, 0.15) is 53.1 Å². The van der Waals surface area contributed by atoms with Gasteiger partial charge in [0.25, 0.3) is 5.91 Å². The van der Waals surface area contributed by atoms with Gasteiger partial charge in [-0.15, -0.1) is 0 Å². The fourth-order valence-corrected chi connectivity index (χ4v) is 8.50. The van der Waals surface area contributed by atoms with Gasteiger partial charge in [-0.3, -0.25) is 4.79 Å². The second-order valence-corrected chi connectivity index (χ2v) is 13.7. The zero-order chi connectivity index (χ0) is 28.9. The average molecular weight is 598 g/mol. The van der Waals surface area contributed by atoms with Crippen molar-refractivity contribution in [3.05, 3.63) is 88.2 Å². The number of carbonyl (C=O) groups excluding carboxylic acids is 1. The van der Waals surface area contributed by atoms with Crippen molar-refractivity contribution in [2.75, 3.05) is 31.1 Å². The number of nitrogens with zero attached hydrogens (tertiary/aromatic N) is 3. The number of halogens is 2. The molecule has 2 unspecified atom stereocenters. The second-order valence-electron chi connectivity index (χ2n) is 11.3. The number of carbonyl (C=O) groups is 1. The minimum atomic E-state index is -3.77. The summed E-state index contributed by atoms with van der Waals surface area (Å²) in [6.07, 6.45) is 3.11. The van der Waals surface area contributed by atoms with Crippen molar-refractivity contribution >= 4 is 33.2 Å². The lowest BCUT2D eigenvalue weighted by Gasteiger charge is -2.43. The Balaban J connectivity index is 1.22. The predicted octanol–water partition coefficient (Wildman–Crippen LogP) is 5.55. The Kier molecular flexibility index (Phi) is 7.46. The van der Waals surface area contributed by atoms with Crippen LogP contribution in [0.2, 0.25) is 5.02 Å². The Morgan fingerprint density at radius 3 is 2.24 bits per heavy atom.